The van der Waals surface area contributed by atoms with E-state index in [4.69, 9.17) is 0 Å². The van der Waals surface area contributed by atoms with Gasteiger partial charge in [0.25, 0.3) is 0 Å². The average molecular weight is 208 g/mol. The van der Waals surface area contributed by atoms with Gasteiger partial charge in [-0.1, -0.05) is 20.8 Å². The molecule has 0 amide bonds. The molecule has 6 nitrogen and oxygen atoms in total. The summed E-state index contributed by atoms with van der Waals surface area (Å²) in [6, 6.07) is 0. The van der Waals surface area contributed by atoms with Gasteiger partial charge in [0.15, 0.2) is 12.6 Å². The van der Waals surface area contributed by atoms with Gasteiger partial charge in [0.1, 0.15) is 0 Å². The number of aliphatic hydroxyl groups excluding tert-OH is 2. The van der Waals surface area contributed by atoms with Gasteiger partial charge in [-0.3, -0.25) is 0 Å². The first-order valence-electron chi connectivity index (χ1n) is 4.52. The zero-order valence-corrected chi connectivity index (χ0v) is 8.41. The number of hydrogen-bond donors (Lipinski definition) is 2. The van der Waals surface area contributed by atoms with Crippen molar-refractivity contribution >= 4 is 0 Å². The zero-order chi connectivity index (χ0) is 10.7. The van der Waals surface area contributed by atoms with Crippen molar-refractivity contribution in [3.8, 4) is 0 Å². The van der Waals surface area contributed by atoms with Gasteiger partial charge in [0.2, 0.25) is 6.29 Å². The Bertz CT molecular complexity index is 169. The molecule has 1 heterocycles. The minimum Gasteiger partial charge on any atom is -0.365 e. The zero-order valence-electron chi connectivity index (χ0n) is 8.41. The van der Waals surface area contributed by atoms with E-state index in [1.807, 2.05) is 0 Å². The summed E-state index contributed by atoms with van der Waals surface area (Å²) in [7, 11) is 0. The molecule has 3 atom stereocenters. The van der Waals surface area contributed by atoms with Crippen LogP contribution in [0.3, 0.4) is 0 Å². The Labute approximate surface area is 82.2 Å². The van der Waals surface area contributed by atoms with Crippen molar-refractivity contribution in [2.75, 3.05) is 0 Å². The molecule has 1 saturated heterocycles. The number of aliphatic hydroxyl groups is 2. The normalized spacial score (nSPS) is 23.6. The Morgan fingerprint density at radius 3 is 1.93 bits per heavy atom. The molecule has 14 heavy (non-hydrogen) atoms. The third kappa shape index (κ3) is 3.49. The predicted molar refractivity (Wildman–Crippen MR) is 44.1 cm³/mol. The van der Waals surface area contributed by atoms with Crippen molar-refractivity contribution in [3.05, 3.63) is 0 Å². The van der Waals surface area contributed by atoms with Gasteiger partial charge in [-0.2, -0.15) is 9.78 Å². The van der Waals surface area contributed by atoms with E-state index in [2.05, 4.69) is 19.6 Å². The lowest BCUT2D eigenvalue weighted by molar-refractivity contribution is -0.437. The predicted octanol–water partition coefficient (Wildman–Crippen LogP) is 0.151. The molecule has 0 spiro atoms. The van der Waals surface area contributed by atoms with Crippen LogP contribution in [-0.4, -0.2) is 29.1 Å². The molecule has 84 valence electrons. The molecular weight excluding hydrogens is 192 g/mol. The van der Waals surface area contributed by atoms with Crippen LogP contribution in [0, 0.1) is 11.8 Å². The Morgan fingerprint density at radius 2 is 1.50 bits per heavy atom. The molecular formula is C8H16O6. The fraction of sp³-hybridized carbons (Fsp3) is 1.00. The molecule has 1 rings (SSSR count). The van der Waals surface area contributed by atoms with Crippen LogP contribution in [0.4, 0.5) is 0 Å². The molecule has 6 heteroatoms. The van der Waals surface area contributed by atoms with E-state index in [0.717, 1.165) is 0 Å². The fourth-order valence-corrected chi connectivity index (χ4v) is 0.654. The molecule has 0 aromatic carbocycles. The largest absolute Gasteiger partial charge is 0.365 e. The van der Waals surface area contributed by atoms with Gasteiger partial charge in [0, 0.05) is 5.92 Å². The van der Waals surface area contributed by atoms with Gasteiger partial charge in [-0.15, -0.1) is 0 Å². The molecule has 0 aromatic rings. The Kier molecular flexibility index (Phi) is 4.24. The molecule has 0 bridgehead atoms. The molecule has 0 saturated carbocycles. The summed E-state index contributed by atoms with van der Waals surface area (Å²) >= 11 is 0. The monoisotopic (exact) mass is 208 g/mol. The highest BCUT2D eigenvalue weighted by Gasteiger charge is 2.38. The summed E-state index contributed by atoms with van der Waals surface area (Å²) in [6.07, 6.45) is -2.70. The van der Waals surface area contributed by atoms with E-state index >= 15 is 0 Å². The first-order valence-corrected chi connectivity index (χ1v) is 4.52. The molecule has 0 radical (unpaired) electrons. The maximum Gasteiger partial charge on any atom is 0.232 e. The summed E-state index contributed by atoms with van der Waals surface area (Å²) in [5.41, 5.74) is 0. The van der Waals surface area contributed by atoms with Crippen LogP contribution in [-0.2, 0) is 19.6 Å². The third-order valence-electron chi connectivity index (χ3n) is 1.91. The summed E-state index contributed by atoms with van der Waals surface area (Å²) in [5.74, 6) is -0.472. The highest BCUT2D eigenvalue weighted by Crippen LogP contribution is 2.25. The van der Waals surface area contributed by atoms with Gasteiger partial charge in [-0.25, -0.2) is 9.78 Å². The van der Waals surface area contributed by atoms with Crippen molar-refractivity contribution in [1.29, 1.82) is 0 Å². The second kappa shape index (κ2) is 5.01. The first-order chi connectivity index (χ1) is 6.52. The maximum atomic E-state index is 9.34. The number of hydrogen-bond acceptors (Lipinski definition) is 6. The number of rotatable bonds is 6. The second-order valence-corrected chi connectivity index (χ2v) is 3.64. The lowest BCUT2D eigenvalue weighted by Crippen LogP contribution is -2.29. The molecule has 0 aromatic heterocycles. The van der Waals surface area contributed by atoms with Crippen molar-refractivity contribution in [2.45, 2.75) is 39.6 Å². The second-order valence-electron chi connectivity index (χ2n) is 3.64. The van der Waals surface area contributed by atoms with E-state index < -0.39 is 18.9 Å². The van der Waals surface area contributed by atoms with E-state index in [1.165, 1.54) is 0 Å². The lowest BCUT2D eigenvalue weighted by Gasteiger charge is -2.18. The summed E-state index contributed by atoms with van der Waals surface area (Å²) < 4.78 is 0. The summed E-state index contributed by atoms with van der Waals surface area (Å²) in [6.45, 7) is 5.20. The standard InChI is InChI=1S/C8H16O6/c1-4(2)6(9)11-12-7(10)5(3)8-13-14-8/h4-10H,1-3H3. The van der Waals surface area contributed by atoms with Crippen LogP contribution in [0.25, 0.3) is 0 Å². The SMILES string of the molecule is CC(C)C(O)OOC(O)C(C)C1OO1. The van der Waals surface area contributed by atoms with Crippen molar-refractivity contribution in [1.82, 2.24) is 0 Å². The summed E-state index contributed by atoms with van der Waals surface area (Å²) in [5, 5.41) is 18.5. The van der Waals surface area contributed by atoms with Crippen LogP contribution in [0.2, 0.25) is 0 Å². The molecule has 3 unspecified atom stereocenters. The van der Waals surface area contributed by atoms with Gasteiger partial charge < -0.3 is 10.2 Å². The molecule has 1 aliphatic rings. The third-order valence-corrected chi connectivity index (χ3v) is 1.91. The van der Waals surface area contributed by atoms with Crippen molar-refractivity contribution in [3.63, 3.8) is 0 Å². The molecule has 1 aliphatic heterocycles. The van der Waals surface area contributed by atoms with E-state index in [1.54, 1.807) is 20.8 Å². The molecule has 2 N–H and O–H groups in total. The van der Waals surface area contributed by atoms with Crippen LogP contribution < -0.4 is 0 Å². The van der Waals surface area contributed by atoms with Gasteiger partial charge in [0.05, 0.1) is 5.92 Å². The Hall–Kier alpha value is -0.240. The highest BCUT2D eigenvalue weighted by atomic mass is 17.4. The fourth-order valence-electron chi connectivity index (χ4n) is 0.654. The van der Waals surface area contributed by atoms with Gasteiger partial charge in [-0.05, 0) is 0 Å². The Morgan fingerprint density at radius 1 is 1.00 bits per heavy atom. The lowest BCUT2D eigenvalue weighted by atomic mass is 10.2. The van der Waals surface area contributed by atoms with Crippen LogP contribution in [0.15, 0.2) is 0 Å². The van der Waals surface area contributed by atoms with Crippen molar-refractivity contribution < 1.29 is 29.8 Å². The van der Waals surface area contributed by atoms with Crippen molar-refractivity contribution in [2.24, 2.45) is 11.8 Å². The maximum absolute atomic E-state index is 9.34. The molecule has 0 aliphatic carbocycles. The Balaban J connectivity index is 2.16. The van der Waals surface area contributed by atoms with E-state index in [0.29, 0.717) is 0 Å². The van der Waals surface area contributed by atoms with Crippen LogP contribution >= 0.6 is 0 Å². The van der Waals surface area contributed by atoms with Crippen LogP contribution in [0.1, 0.15) is 20.8 Å². The van der Waals surface area contributed by atoms with Gasteiger partial charge >= 0.3 is 0 Å². The van der Waals surface area contributed by atoms with E-state index in [-0.39, 0.29) is 11.8 Å². The average Bonchev–Trinajstić information content (AvgIpc) is 2.95. The van der Waals surface area contributed by atoms with E-state index in [9.17, 15) is 10.2 Å². The minimum atomic E-state index is -1.18. The highest BCUT2D eigenvalue weighted by molar-refractivity contribution is 4.61. The topological polar surface area (TPSA) is 84.0 Å². The first kappa shape index (κ1) is 11.8. The van der Waals surface area contributed by atoms with Crippen LogP contribution in [0.5, 0.6) is 0 Å². The summed E-state index contributed by atoms with van der Waals surface area (Å²) in [4.78, 5) is 18.1. The quantitative estimate of drug-likeness (QED) is 0.280. The smallest absolute Gasteiger partial charge is 0.232 e. The minimum absolute atomic E-state index is 0.106. The molecule has 1 fully saturated rings.